The summed E-state index contributed by atoms with van der Waals surface area (Å²) in [6.07, 6.45) is 0.965. The number of benzene rings is 1. The fourth-order valence-electron chi connectivity index (χ4n) is 1.33. The van der Waals surface area contributed by atoms with Gasteiger partial charge in [-0.25, -0.2) is 4.39 Å². The van der Waals surface area contributed by atoms with E-state index < -0.39 is 0 Å². The molecule has 0 saturated carbocycles. The van der Waals surface area contributed by atoms with Gasteiger partial charge in [-0.3, -0.25) is 0 Å². The van der Waals surface area contributed by atoms with E-state index in [-0.39, 0.29) is 5.82 Å². The van der Waals surface area contributed by atoms with Crippen molar-refractivity contribution in [2.24, 2.45) is 0 Å². The average Bonchev–Trinajstić information content (AvgIpc) is 2.26. The topological polar surface area (TPSA) is 21.3 Å². The van der Waals surface area contributed by atoms with E-state index in [9.17, 15) is 4.39 Å². The Balaban J connectivity index is 2.21. The number of rotatable bonds is 7. The molecule has 0 saturated heterocycles. The van der Waals surface area contributed by atoms with Crippen LogP contribution in [0.2, 0.25) is 5.02 Å². The van der Waals surface area contributed by atoms with Crippen molar-refractivity contribution < 1.29 is 9.13 Å². The van der Waals surface area contributed by atoms with Gasteiger partial charge in [-0.2, -0.15) is 0 Å². The standard InChI is InChI=1S/C12H17ClFNO/c1-2-16-7-3-6-15-9-10-4-5-11(14)8-12(10)13/h4-5,8,15H,2-3,6-7,9H2,1H3. The summed E-state index contributed by atoms with van der Waals surface area (Å²) in [6, 6.07) is 4.45. The maximum Gasteiger partial charge on any atom is 0.124 e. The zero-order valence-electron chi connectivity index (χ0n) is 9.43. The number of nitrogens with one attached hydrogen (secondary N) is 1. The summed E-state index contributed by atoms with van der Waals surface area (Å²) >= 11 is 5.89. The van der Waals surface area contributed by atoms with Gasteiger partial charge in [0.25, 0.3) is 0 Å². The molecule has 0 aromatic heterocycles. The largest absolute Gasteiger partial charge is 0.382 e. The van der Waals surface area contributed by atoms with Crippen molar-refractivity contribution in [2.75, 3.05) is 19.8 Å². The quantitative estimate of drug-likeness (QED) is 0.746. The van der Waals surface area contributed by atoms with Crippen molar-refractivity contribution in [2.45, 2.75) is 19.9 Å². The maximum absolute atomic E-state index is 12.8. The van der Waals surface area contributed by atoms with Crippen molar-refractivity contribution in [3.8, 4) is 0 Å². The van der Waals surface area contributed by atoms with E-state index >= 15 is 0 Å². The van der Waals surface area contributed by atoms with Gasteiger partial charge in [0.2, 0.25) is 0 Å². The normalized spacial score (nSPS) is 10.7. The van der Waals surface area contributed by atoms with Gasteiger partial charge in [0.05, 0.1) is 0 Å². The fourth-order valence-corrected chi connectivity index (χ4v) is 1.57. The molecule has 0 aliphatic rings. The molecule has 0 heterocycles. The van der Waals surface area contributed by atoms with Crippen LogP contribution in [0.15, 0.2) is 18.2 Å². The van der Waals surface area contributed by atoms with Crippen molar-refractivity contribution in [3.63, 3.8) is 0 Å². The smallest absolute Gasteiger partial charge is 0.124 e. The monoisotopic (exact) mass is 245 g/mol. The minimum atomic E-state index is -0.301. The molecule has 90 valence electrons. The second-order valence-electron chi connectivity index (χ2n) is 3.46. The van der Waals surface area contributed by atoms with Crippen molar-refractivity contribution in [3.05, 3.63) is 34.6 Å². The minimum absolute atomic E-state index is 0.301. The lowest BCUT2D eigenvalue weighted by molar-refractivity contribution is 0.144. The van der Waals surface area contributed by atoms with Crippen LogP contribution in [0.5, 0.6) is 0 Å². The molecule has 0 fully saturated rings. The molecule has 0 bridgehead atoms. The highest BCUT2D eigenvalue weighted by atomic mass is 35.5. The summed E-state index contributed by atoms with van der Waals surface area (Å²) in [4.78, 5) is 0. The Kier molecular flexibility index (Phi) is 6.38. The molecule has 1 aromatic rings. The lowest BCUT2D eigenvalue weighted by Crippen LogP contribution is -2.16. The van der Waals surface area contributed by atoms with E-state index in [1.807, 2.05) is 6.92 Å². The molecule has 0 radical (unpaired) electrons. The highest BCUT2D eigenvalue weighted by Gasteiger charge is 2.00. The molecular weight excluding hydrogens is 229 g/mol. The third kappa shape index (κ3) is 4.92. The molecule has 1 aromatic carbocycles. The van der Waals surface area contributed by atoms with Crippen LogP contribution in [0.1, 0.15) is 18.9 Å². The molecule has 2 nitrogen and oxygen atoms in total. The highest BCUT2D eigenvalue weighted by molar-refractivity contribution is 6.31. The summed E-state index contributed by atoms with van der Waals surface area (Å²) < 4.78 is 18.0. The van der Waals surface area contributed by atoms with Crippen LogP contribution < -0.4 is 5.32 Å². The van der Waals surface area contributed by atoms with Gasteiger partial charge in [-0.05, 0) is 37.6 Å². The number of hydrogen-bond acceptors (Lipinski definition) is 2. The molecule has 0 aliphatic carbocycles. The van der Waals surface area contributed by atoms with E-state index in [4.69, 9.17) is 16.3 Å². The molecule has 1 N–H and O–H groups in total. The van der Waals surface area contributed by atoms with Crippen LogP contribution in [-0.4, -0.2) is 19.8 Å². The lowest BCUT2D eigenvalue weighted by atomic mass is 10.2. The van der Waals surface area contributed by atoms with E-state index in [0.29, 0.717) is 11.6 Å². The molecule has 16 heavy (non-hydrogen) atoms. The molecular formula is C12H17ClFNO. The first-order valence-electron chi connectivity index (χ1n) is 5.46. The van der Waals surface area contributed by atoms with E-state index in [0.717, 1.165) is 31.7 Å². The van der Waals surface area contributed by atoms with Crippen LogP contribution >= 0.6 is 11.6 Å². The molecule has 0 aliphatic heterocycles. The second kappa shape index (κ2) is 7.60. The Hall–Kier alpha value is -0.640. The highest BCUT2D eigenvalue weighted by Crippen LogP contribution is 2.16. The second-order valence-corrected chi connectivity index (χ2v) is 3.87. The molecule has 0 unspecified atom stereocenters. The van der Waals surface area contributed by atoms with Crippen molar-refractivity contribution in [1.82, 2.24) is 5.32 Å². The van der Waals surface area contributed by atoms with E-state index in [1.54, 1.807) is 6.07 Å². The Labute approximate surface area is 101 Å². The summed E-state index contributed by atoms with van der Waals surface area (Å²) in [7, 11) is 0. The first kappa shape index (κ1) is 13.4. The number of halogens is 2. The van der Waals surface area contributed by atoms with Crippen LogP contribution in [0.3, 0.4) is 0 Å². The molecule has 4 heteroatoms. The zero-order valence-corrected chi connectivity index (χ0v) is 10.2. The van der Waals surface area contributed by atoms with Gasteiger partial charge in [-0.15, -0.1) is 0 Å². The van der Waals surface area contributed by atoms with Crippen LogP contribution in [-0.2, 0) is 11.3 Å². The summed E-state index contributed by atoms with van der Waals surface area (Å²) in [5.74, 6) is -0.301. The predicted octanol–water partition coefficient (Wildman–Crippen LogP) is 3.00. The van der Waals surface area contributed by atoms with E-state index in [1.165, 1.54) is 12.1 Å². The van der Waals surface area contributed by atoms with Gasteiger partial charge >= 0.3 is 0 Å². The predicted molar refractivity (Wildman–Crippen MR) is 64.2 cm³/mol. The van der Waals surface area contributed by atoms with Gasteiger partial charge in [0.15, 0.2) is 0 Å². The number of ether oxygens (including phenoxy) is 1. The lowest BCUT2D eigenvalue weighted by Gasteiger charge is -2.06. The average molecular weight is 246 g/mol. The van der Waals surface area contributed by atoms with Gasteiger partial charge in [0, 0.05) is 24.8 Å². The Bertz CT molecular complexity index is 320. The van der Waals surface area contributed by atoms with Crippen LogP contribution in [0, 0.1) is 5.82 Å². The van der Waals surface area contributed by atoms with Gasteiger partial charge in [-0.1, -0.05) is 17.7 Å². The fraction of sp³-hybridized carbons (Fsp3) is 0.500. The Morgan fingerprint density at radius 1 is 1.44 bits per heavy atom. The van der Waals surface area contributed by atoms with Crippen molar-refractivity contribution >= 4 is 11.6 Å². The summed E-state index contributed by atoms with van der Waals surface area (Å²) in [5.41, 5.74) is 0.916. The molecule has 0 spiro atoms. The van der Waals surface area contributed by atoms with Crippen LogP contribution in [0.4, 0.5) is 4.39 Å². The van der Waals surface area contributed by atoms with Gasteiger partial charge in [0.1, 0.15) is 5.82 Å². The minimum Gasteiger partial charge on any atom is -0.382 e. The SMILES string of the molecule is CCOCCCNCc1ccc(F)cc1Cl. The molecule has 1 rings (SSSR count). The first-order chi connectivity index (χ1) is 7.74. The summed E-state index contributed by atoms with van der Waals surface area (Å²) in [6.45, 7) is 5.02. The third-order valence-corrected chi connectivity index (χ3v) is 2.53. The van der Waals surface area contributed by atoms with Gasteiger partial charge < -0.3 is 10.1 Å². The molecule has 0 amide bonds. The summed E-state index contributed by atoms with van der Waals surface area (Å²) in [5, 5.41) is 3.70. The first-order valence-corrected chi connectivity index (χ1v) is 5.84. The Morgan fingerprint density at radius 3 is 2.94 bits per heavy atom. The van der Waals surface area contributed by atoms with Crippen molar-refractivity contribution in [1.29, 1.82) is 0 Å². The molecule has 0 atom stereocenters. The van der Waals surface area contributed by atoms with Crippen LogP contribution in [0.25, 0.3) is 0 Å². The maximum atomic E-state index is 12.8. The zero-order chi connectivity index (χ0) is 11.8. The Morgan fingerprint density at radius 2 is 2.25 bits per heavy atom. The third-order valence-electron chi connectivity index (χ3n) is 2.18. The number of hydrogen-bond donors (Lipinski definition) is 1. The van der Waals surface area contributed by atoms with E-state index in [2.05, 4.69) is 5.32 Å².